The second kappa shape index (κ2) is 9.47. The van der Waals surface area contributed by atoms with E-state index in [1.54, 1.807) is 31.4 Å². The van der Waals surface area contributed by atoms with E-state index in [2.05, 4.69) is 17.6 Å². The molecule has 0 saturated carbocycles. The molecule has 0 saturated heterocycles. The highest BCUT2D eigenvalue weighted by Crippen LogP contribution is 2.17. The standard InChI is InChI=1S/C20H24N2O3/c1-3-4-13-21-19(23)15-9-11-16(12-10-15)20(24)22-14-17-7-5-6-8-18(17)25-2/h5-12H,3-4,13-14H2,1-2H3,(H,21,23)(H,22,24). The second-order valence-electron chi connectivity index (χ2n) is 5.68. The molecule has 0 aliphatic carbocycles. The average Bonchev–Trinajstić information content (AvgIpc) is 2.66. The molecule has 2 rings (SSSR count). The van der Waals surface area contributed by atoms with Crippen LogP contribution < -0.4 is 15.4 Å². The Morgan fingerprint density at radius 2 is 1.52 bits per heavy atom. The van der Waals surface area contributed by atoms with Crippen LogP contribution in [-0.2, 0) is 6.54 Å². The Labute approximate surface area is 148 Å². The lowest BCUT2D eigenvalue weighted by Gasteiger charge is -2.10. The number of unbranched alkanes of at least 4 members (excludes halogenated alkanes) is 1. The van der Waals surface area contributed by atoms with E-state index in [1.165, 1.54) is 0 Å². The molecule has 5 heteroatoms. The smallest absolute Gasteiger partial charge is 0.251 e. The minimum Gasteiger partial charge on any atom is -0.496 e. The summed E-state index contributed by atoms with van der Waals surface area (Å²) >= 11 is 0. The summed E-state index contributed by atoms with van der Waals surface area (Å²) in [6.45, 7) is 3.11. The molecule has 0 bridgehead atoms. The number of rotatable bonds is 8. The lowest BCUT2D eigenvalue weighted by molar-refractivity contribution is 0.0940. The number of carbonyl (C=O) groups is 2. The molecule has 0 aliphatic heterocycles. The number of benzene rings is 2. The van der Waals surface area contributed by atoms with Crippen LogP contribution in [-0.4, -0.2) is 25.5 Å². The minimum absolute atomic E-state index is 0.116. The van der Waals surface area contributed by atoms with E-state index in [-0.39, 0.29) is 11.8 Å². The third-order valence-corrected chi connectivity index (χ3v) is 3.86. The van der Waals surface area contributed by atoms with Gasteiger partial charge in [-0.25, -0.2) is 0 Å². The third-order valence-electron chi connectivity index (χ3n) is 3.86. The van der Waals surface area contributed by atoms with Crippen molar-refractivity contribution in [3.05, 3.63) is 65.2 Å². The van der Waals surface area contributed by atoms with Crippen LogP contribution in [0.4, 0.5) is 0 Å². The van der Waals surface area contributed by atoms with Crippen LogP contribution in [0.3, 0.4) is 0 Å². The normalized spacial score (nSPS) is 10.2. The van der Waals surface area contributed by atoms with Crippen molar-refractivity contribution in [3.63, 3.8) is 0 Å². The summed E-state index contributed by atoms with van der Waals surface area (Å²) in [4.78, 5) is 24.2. The molecule has 5 nitrogen and oxygen atoms in total. The van der Waals surface area contributed by atoms with E-state index < -0.39 is 0 Å². The van der Waals surface area contributed by atoms with Gasteiger partial charge >= 0.3 is 0 Å². The molecule has 132 valence electrons. The van der Waals surface area contributed by atoms with E-state index in [0.29, 0.717) is 24.2 Å². The maximum absolute atomic E-state index is 12.3. The summed E-state index contributed by atoms with van der Waals surface area (Å²) in [5.74, 6) is 0.431. The Morgan fingerprint density at radius 3 is 2.12 bits per heavy atom. The zero-order chi connectivity index (χ0) is 18.1. The number of carbonyl (C=O) groups excluding carboxylic acids is 2. The maximum atomic E-state index is 12.3. The summed E-state index contributed by atoms with van der Waals surface area (Å²) in [5.41, 5.74) is 1.97. The molecule has 25 heavy (non-hydrogen) atoms. The lowest BCUT2D eigenvalue weighted by Crippen LogP contribution is -2.25. The van der Waals surface area contributed by atoms with Gasteiger partial charge in [-0.15, -0.1) is 0 Å². The van der Waals surface area contributed by atoms with Crippen LogP contribution in [0.25, 0.3) is 0 Å². The summed E-state index contributed by atoms with van der Waals surface area (Å²) < 4.78 is 5.27. The fraction of sp³-hybridized carbons (Fsp3) is 0.300. The quantitative estimate of drug-likeness (QED) is 0.726. The van der Waals surface area contributed by atoms with Gasteiger partial charge in [0.1, 0.15) is 5.75 Å². The number of methoxy groups -OCH3 is 1. The molecule has 2 N–H and O–H groups in total. The Balaban J connectivity index is 1.93. The fourth-order valence-electron chi connectivity index (χ4n) is 2.38. The zero-order valence-electron chi connectivity index (χ0n) is 14.7. The second-order valence-corrected chi connectivity index (χ2v) is 5.68. The predicted octanol–water partition coefficient (Wildman–Crippen LogP) is 3.16. The molecule has 0 aliphatic rings. The van der Waals surface area contributed by atoms with Crippen molar-refractivity contribution in [2.24, 2.45) is 0 Å². The number of amides is 2. The number of para-hydroxylation sites is 1. The van der Waals surface area contributed by atoms with Crippen LogP contribution in [0, 0.1) is 0 Å². The molecule has 0 atom stereocenters. The van der Waals surface area contributed by atoms with Crippen LogP contribution >= 0.6 is 0 Å². The van der Waals surface area contributed by atoms with Crippen LogP contribution in [0.1, 0.15) is 46.0 Å². The van der Waals surface area contributed by atoms with Crippen molar-refractivity contribution in [2.45, 2.75) is 26.3 Å². The first-order valence-corrected chi connectivity index (χ1v) is 8.44. The molecule has 0 heterocycles. The molecule has 2 aromatic carbocycles. The van der Waals surface area contributed by atoms with Gasteiger partial charge < -0.3 is 15.4 Å². The highest BCUT2D eigenvalue weighted by atomic mass is 16.5. The van der Waals surface area contributed by atoms with Crippen LogP contribution in [0.2, 0.25) is 0 Å². The van der Waals surface area contributed by atoms with Crippen molar-refractivity contribution in [3.8, 4) is 5.75 Å². The number of hydrogen-bond donors (Lipinski definition) is 2. The lowest BCUT2D eigenvalue weighted by atomic mass is 10.1. The molecule has 2 amide bonds. The first-order chi connectivity index (χ1) is 12.2. The van der Waals surface area contributed by atoms with Gasteiger partial charge in [0.2, 0.25) is 0 Å². The zero-order valence-corrected chi connectivity index (χ0v) is 14.7. The number of nitrogens with one attached hydrogen (secondary N) is 2. The van der Waals surface area contributed by atoms with E-state index in [1.807, 2.05) is 24.3 Å². The van der Waals surface area contributed by atoms with E-state index >= 15 is 0 Å². The van der Waals surface area contributed by atoms with Gasteiger partial charge in [0.15, 0.2) is 0 Å². The number of ether oxygens (including phenoxy) is 1. The highest BCUT2D eigenvalue weighted by molar-refractivity contribution is 5.97. The van der Waals surface area contributed by atoms with Crippen molar-refractivity contribution >= 4 is 11.8 Å². The topological polar surface area (TPSA) is 67.4 Å². The Bertz CT molecular complexity index is 711. The summed E-state index contributed by atoms with van der Waals surface area (Å²) in [6.07, 6.45) is 1.99. The van der Waals surface area contributed by atoms with Gasteiger partial charge in [0.05, 0.1) is 7.11 Å². The molecule has 0 fully saturated rings. The fourth-order valence-corrected chi connectivity index (χ4v) is 2.38. The van der Waals surface area contributed by atoms with Crippen molar-refractivity contribution < 1.29 is 14.3 Å². The van der Waals surface area contributed by atoms with Crippen molar-refractivity contribution in [1.29, 1.82) is 0 Å². The summed E-state index contributed by atoms with van der Waals surface area (Å²) in [5, 5.41) is 5.72. The van der Waals surface area contributed by atoms with Crippen molar-refractivity contribution in [1.82, 2.24) is 10.6 Å². The molecule has 2 aromatic rings. The first-order valence-electron chi connectivity index (χ1n) is 8.44. The van der Waals surface area contributed by atoms with Gasteiger partial charge in [0.25, 0.3) is 11.8 Å². The molecule has 0 spiro atoms. The summed E-state index contributed by atoms with van der Waals surface area (Å²) in [6, 6.07) is 14.2. The third kappa shape index (κ3) is 5.35. The van der Waals surface area contributed by atoms with Gasteiger partial charge in [-0.3, -0.25) is 9.59 Å². The van der Waals surface area contributed by atoms with E-state index in [0.717, 1.165) is 24.2 Å². The average molecular weight is 340 g/mol. The van der Waals surface area contributed by atoms with Crippen LogP contribution in [0.5, 0.6) is 5.75 Å². The van der Waals surface area contributed by atoms with Gasteiger partial charge in [-0.05, 0) is 36.8 Å². The monoisotopic (exact) mass is 340 g/mol. The summed E-state index contributed by atoms with van der Waals surface area (Å²) in [7, 11) is 1.60. The molecule has 0 radical (unpaired) electrons. The van der Waals surface area contributed by atoms with E-state index in [9.17, 15) is 9.59 Å². The highest BCUT2D eigenvalue weighted by Gasteiger charge is 2.09. The van der Waals surface area contributed by atoms with Crippen LogP contribution in [0.15, 0.2) is 48.5 Å². The van der Waals surface area contributed by atoms with Gasteiger partial charge in [-0.1, -0.05) is 31.5 Å². The maximum Gasteiger partial charge on any atom is 0.251 e. The predicted molar refractivity (Wildman–Crippen MR) is 97.8 cm³/mol. The molecule has 0 unspecified atom stereocenters. The van der Waals surface area contributed by atoms with Gasteiger partial charge in [-0.2, -0.15) is 0 Å². The Kier molecular flexibility index (Phi) is 7.01. The SMILES string of the molecule is CCCCNC(=O)c1ccc(C(=O)NCc2ccccc2OC)cc1. The Morgan fingerprint density at radius 1 is 0.920 bits per heavy atom. The molecular weight excluding hydrogens is 316 g/mol. The van der Waals surface area contributed by atoms with Crippen molar-refractivity contribution in [2.75, 3.05) is 13.7 Å². The molecular formula is C20H24N2O3. The first kappa shape index (κ1) is 18.5. The number of hydrogen-bond acceptors (Lipinski definition) is 3. The minimum atomic E-state index is -0.191. The van der Waals surface area contributed by atoms with E-state index in [4.69, 9.17) is 4.74 Å². The Hall–Kier alpha value is -2.82. The molecule has 0 aromatic heterocycles. The van der Waals surface area contributed by atoms with Gasteiger partial charge in [0, 0.05) is 29.8 Å². The largest absolute Gasteiger partial charge is 0.496 e.